The summed E-state index contributed by atoms with van der Waals surface area (Å²) in [4.78, 5) is 39.7. The third kappa shape index (κ3) is 7.54. The van der Waals surface area contributed by atoms with Crippen LogP contribution >= 0.6 is 0 Å². The molecule has 1 aliphatic heterocycles. The Kier molecular flexibility index (Phi) is 11.8. The Bertz CT molecular complexity index is 1440. The Labute approximate surface area is 249 Å². The number of H-pyrrole nitrogens is 1. The van der Waals surface area contributed by atoms with Gasteiger partial charge >= 0.3 is 0 Å². The molecular weight excluding hydrogens is 558 g/mol. The van der Waals surface area contributed by atoms with E-state index in [4.69, 9.17) is 19.8 Å². The summed E-state index contributed by atoms with van der Waals surface area (Å²) in [6.07, 6.45) is 8.95. The molecule has 2 aromatic heterocycles. The molecule has 12 heteroatoms. The second kappa shape index (κ2) is 15.5. The van der Waals surface area contributed by atoms with Gasteiger partial charge in [0.2, 0.25) is 0 Å². The highest BCUT2D eigenvalue weighted by Crippen LogP contribution is 2.31. The fraction of sp³-hybridized carbons (Fsp3) is 0.567. The molecule has 3 heterocycles. The van der Waals surface area contributed by atoms with Crippen molar-refractivity contribution in [2.75, 3.05) is 26.3 Å². The maximum atomic E-state index is 13.6. The van der Waals surface area contributed by atoms with Gasteiger partial charge < -0.3 is 14.3 Å². The average Bonchev–Trinajstić information content (AvgIpc) is 3.34. The highest BCUT2D eigenvalue weighted by atomic mass is 32.2. The van der Waals surface area contributed by atoms with Crippen molar-refractivity contribution < 1.29 is 29.4 Å². The molecule has 2 unspecified atom stereocenters. The van der Waals surface area contributed by atoms with Gasteiger partial charge in [-0.15, -0.1) is 0 Å². The number of carbonyl (C=O) groups excluding carboxylic acids is 1. The second-order valence-corrected chi connectivity index (χ2v) is 12.1. The number of rotatable bonds is 13. The number of hydrogen-bond donors (Lipinski definition) is 3. The molecule has 1 aliphatic rings. The molecule has 11 nitrogen and oxygen atoms in total. The molecule has 0 spiro atoms. The summed E-state index contributed by atoms with van der Waals surface area (Å²) in [6, 6.07) is 4.98. The van der Waals surface area contributed by atoms with E-state index in [1.165, 1.54) is 0 Å². The number of fused-ring (bicyclic) bond motifs is 1. The highest BCUT2D eigenvalue weighted by Gasteiger charge is 2.26. The maximum Gasteiger partial charge on any atom is 0.275 e. The second-order valence-electron chi connectivity index (χ2n) is 10.7. The standard InChI is InChI=1S/C30H43N5O6S/c1-4-9-23-20-34(6-3)27-26(23)31-28(32-29(27)36)24-19-22(11-12-25(24)40-17-5-2)30(37)42(39)35-15-8-7-10-21(13-16-35)14-18-41-33-38/h11-12,19-21,38H,4-10,13-18,33H2,1-3H3/p+1. The van der Waals surface area contributed by atoms with Crippen LogP contribution in [0.5, 0.6) is 5.75 Å². The monoisotopic (exact) mass is 602 g/mol. The zero-order chi connectivity index (χ0) is 30.1. The van der Waals surface area contributed by atoms with Gasteiger partial charge in [-0.3, -0.25) is 9.59 Å². The van der Waals surface area contributed by atoms with E-state index in [1.807, 2.05) is 24.6 Å². The topological polar surface area (TPSA) is 143 Å². The van der Waals surface area contributed by atoms with Crippen molar-refractivity contribution in [1.29, 1.82) is 0 Å². The van der Waals surface area contributed by atoms with Crippen molar-refractivity contribution in [2.45, 2.75) is 78.7 Å². The molecular formula is C30H44N5O6S+. The van der Waals surface area contributed by atoms with Crippen LogP contribution in [0.2, 0.25) is 0 Å². The van der Waals surface area contributed by atoms with E-state index in [0.29, 0.717) is 72.6 Å². The zero-order valence-corrected chi connectivity index (χ0v) is 25.7. The Hall–Kier alpha value is -2.90. The molecule has 0 aliphatic carbocycles. The molecule has 4 rings (SSSR count). The SMILES string of the molecule is CCCOc1ccc(C(=O)S(=O)N2CCCCC(CCO[NH2+]O)CC2)cc1-c1nc2c(CCC)cn(CC)c2c(=O)[nH]1. The lowest BCUT2D eigenvalue weighted by Gasteiger charge is -2.26. The largest absolute Gasteiger partial charge is 0.493 e. The predicted octanol–water partition coefficient (Wildman–Crippen LogP) is 3.72. The first-order chi connectivity index (χ1) is 20.4. The summed E-state index contributed by atoms with van der Waals surface area (Å²) in [5.41, 5.74) is 3.42. The Morgan fingerprint density at radius 3 is 2.74 bits per heavy atom. The molecule has 0 bridgehead atoms. The van der Waals surface area contributed by atoms with Crippen LogP contribution in [0.1, 0.15) is 81.6 Å². The Morgan fingerprint density at radius 1 is 1.17 bits per heavy atom. The number of aryl methyl sites for hydroxylation is 2. The van der Waals surface area contributed by atoms with E-state index < -0.39 is 16.1 Å². The number of benzene rings is 1. The number of ether oxygens (including phenoxy) is 1. The van der Waals surface area contributed by atoms with Gasteiger partial charge in [-0.2, -0.15) is 10.0 Å². The minimum absolute atomic E-state index is 0.251. The van der Waals surface area contributed by atoms with Gasteiger partial charge in [-0.25, -0.2) is 13.5 Å². The van der Waals surface area contributed by atoms with Gasteiger partial charge in [0, 0.05) is 31.4 Å². The molecule has 4 N–H and O–H groups in total. The van der Waals surface area contributed by atoms with Crippen LogP contribution in [0.15, 0.2) is 29.2 Å². The summed E-state index contributed by atoms with van der Waals surface area (Å²) >= 11 is 0. The van der Waals surface area contributed by atoms with E-state index in [9.17, 15) is 13.8 Å². The smallest absolute Gasteiger partial charge is 0.275 e. The van der Waals surface area contributed by atoms with Crippen LogP contribution in [-0.2, 0) is 28.8 Å². The van der Waals surface area contributed by atoms with Crippen molar-refractivity contribution in [3.8, 4) is 17.1 Å². The number of nitrogens with two attached hydrogens (primary N) is 1. The first-order valence-corrected chi connectivity index (χ1v) is 16.2. The molecule has 42 heavy (non-hydrogen) atoms. The van der Waals surface area contributed by atoms with Crippen LogP contribution in [0.4, 0.5) is 0 Å². The molecule has 1 saturated heterocycles. The molecule has 0 saturated carbocycles. The van der Waals surface area contributed by atoms with Crippen molar-refractivity contribution >= 4 is 27.1 Å². The summed E-state index contributed by atoms with van der Waals surface area (Å²) in [6.45, 7) is 8.75. The maximum absolute atomic E-state index is 13.6. The lowest BCUT2D eigenvalue weighted by Crippen LogP contribution is -2.79. The van der Waals surface area contributed by atoms with Crippen molar-refractivity contribution in [3.63, 3.8) is 0 Å². The average molecular weight is 603 g/mol. The van der Waals surface area contributed by atoms with Crippen molar-refractivity contribution in [1.82, 2.24) is 18.8 Å². The van der Waals surface area contributed by atoms with Crippen LogP contribution in [-0.4, -0.2) is 59.7 Å². The Balaban J connectivity index is 1.65. The molecule has 230 valence electrons. The highest BCUT2D eigenvalue weighted by molar-refractivity contribution is 7.98. The summed E-state index contributed by atoms with van der Waals surface area (Å²) in [5.74, 6) is 1.20. The first-order valence-electron chi connectivity index (χ1n) is 15.1. The molecule has 1 fully saturated rings. The minimum atomic E-state index is -1.87. The van der Waals surface area contributed by atoms with Gasteiger partial charge in [0.25, 0.3) is 10.7 Å². The van der Waals surface area contributed by atoms with Gasteiger partial charge in [0.15, 0.2) is 11.0 Å². The number of aromatic amines is 1. The quantitative estimate of drug-likeness (QED) is 0.200. The van der Waals surface area contributed by atoms with Crippen LogP contribution in [0.25, 0.3) is 22.4 Å². The third-order valence-electron chi connectivity index (χ3n) is 7.76. The molecule has 1 aromatic carbocycles. The molecule has 3 aromatic rings. The number of hydrogen-bond acceptors (Lipinski definition) is 7. The van der Waals surface area contributed by atoms with Gasteiger partial charge in [0.05, 0.1) is 17.7 Å². The summed E-state index contributed by atoms with van der Waals surface area (Å²) in [5, 5.41) is 8.29. The van der Waals surface area contributed by atoms with E-state index >= 15 is 0 Å². The van der Waals surface area contributed by atoms with Crippen molar-refractivity contribution in [2.24, 2.45) is 5.92 Å². The zero-order valence-electron chi connectivity index (χ0n) is 24.9. The number of quaternary nitrogens is 1. The van der Waals surface area contributed by atoms with Crippen LogP contribution < -0.4 is 15.9 Å². The Morgan fingerprint density at radius 2 is 2.00 bits per heavy atom. The van der Waals surface area contributed by atoms with E-state index in [1.54, 1.807) is 22.5 Å². The van der Waals surface area contributed by atoms with E-state index in [0.717, 1.165) is 56.9 Å². The van der Waals surface area contributed by atoms with E-state index in [2.05, 4.69) is 11.9 Å². The normalized spacial score (nSPS) is 17.2. The molecule has 0 amide bonds. The number of nitrogens with one attached hydrogen (secondary N) is 1. The third-order valence-corrected chi connectivity index (χ3v) is 9.15. The summed E-state index contributed by atoms with van der Waals surface area (Å²) in [7, 11) is -1.87. The van der Waals surface area contributed by atoms with Crippen LogP contribution in [0.3, 0.4) is 0 Å². The summed E-state index contributed by atoms with van der Waals surface area (Å²) < 4.78 is 23.2. The lowest BCUT2D eigenvalue weighted by atomic mass is 9.94. The lowest BCUT2D eigenvalue weighted by molar-refractivity contribution is -1.06. The number of aromatic nitrogens is 3. The number of carbonyl (C=O) groups is 1. The predicted molar refractivity (Wildman–Crippen MR) is 162 cm³/mol. The van der Waals surface area contributed by atoms with E-state index in [-0.39, 0.29) is 11.1 Å². The van der Waals surface area contributed by atoms with Crippen LogP contribution in [0, 0.1) is 5.92 Å². The number of nitrogens with zero attached hydrogens (tertiary/aromatic N) is 3. The van der Waals surface area contributed by atoms with Gasteiger partial charge in [-0.05, 0) is 68.7 Å². The molecule has 0 radical (unpaired) electrons. The van der Waals surface area contributed by atoms with Gasteiger partial charge in [0.1, 0.15) is 23.7 Å². The van der Waals surface area contributed by atoms with Gasteiger partial charge in [-0.1, -0.05) is 38.8 Å². The fourth-order valence-electron chi connectivity index (χ4n) is 5.54. The minimum Gasteiger partial charge on any atom is -0.493 e. The van der Waals surface area contributed by atoms with Crippen molar-refractivity contribution in [3.05, 3.63) is 45.9 Å². The first kappa shape index (κ1) is 32.0. The molecule has 2 atom stereocenters. The fourth-order valence-corrected chi connectivity index (χ4v) is 6.67.